The van der Waals surface area contributed by atoms with Crippen LogP contribution in [0.15, 0.2) is 200 Å². The first kappa shape index (κ1) is 50.9. The van der Waals surface area contributed by atoms with Crippen LogP contribution in [0.1, 0.15) is 150 Å². The van der Waals surface area contributed by atoms with Gasteiger partial charge in [-0.15, -0.1) is 0 Å². The smallest absolute Gasteiger partial charge is 0.172 e. The van der Waals surface area contributed by atoms with E-state index >= 15 is 4.57 Å². The molecular formula is C84H69OP. The van der Waals surface area contributed by atoms with Gasteiger partial charge in [0.15, 0.2) is 7.14 Å². The summed E-state index contributed by atoms with van der Waals surface area (Å²) in [6.45, 7) is 29.3. The Kier molecular flexibility index (Phi) is 9.47. The van der Waals surface area contributed by atoms with Crippen LogP contribution < -0.4 is 15.9 Å². The summed E-state index contributed by atoms with van der Waals surface area (Å²) in [6.07, 6.45) is 0. The second-order valence-corrected chi connectivity index (χ2v) is 32.0. The van der Waals surface area contributed by atoms with Crippen molar-refractivity contribution in [2.24, 2.45) is 0 Å². The van der Waals surface area contributed by atoms with Gasteiger partial charge in [0.25, 0.3) is 0 Å². The summed E-state index contributed by atoms with van der Waals surface area (Å²) in [5.74, 6) is 0. The molecule has 0 fully saturated rings. The highest BCUT2D eigenvalue weighted by Crippen LogP contribution is 2.66. The maximum atomic E-state index is 19.6. The van der Waals surface area contributed by atoms with E-state index in [0.29, 0.717) is 0 Å². The van der Waals surface area contributed by atoms with Crippen LogP contribution in [0.5, 0.6) is 0 Å². The van der Waals surface area contributed by atoms with Crippen molar-refractivity contribution >= 4 is 55.4 Å². The van der Waals surface area contributed by atoms with Gasteiger partial charge in [-0.1, -0.05) is 265 Å². The molecule has 12 aromatic carbocycles. The van der Waals surface area contributed by atoms with Gasteiger partial charge in [-0.25, -0.2) is 0 Å². The minimum atomic E-state index is -4.03. The van der Waals surface area contributed by atoms with E-state index in [1.807, 2.05) is 0 Å². The summed E-state index contributed by atoms with van der Waals surface area (Å²) < 4.78 is 19.6. The molecule has 0 spiro atoms. The molecule has 12 aromatic rings. The van der Waals surface area contributed by atoms with Crippen LogP contribution in [0.4, 0.5) is 0 Å². The van der Waals surface area contributed by atoms with Crippen molar-refractivity contribution < 1.29 is 4.57 Å². The van der Waals surface area contributed by atoms with Crippen molar-refractivity contribution in [3.63, 3.8) is 0 Å². The van der Waals surface area contributed by atoms with Crippen LogP contribution in [0.3, 0.4) is 0 Å². The maximum Gasteiger partial charge on any atom is 0.172 e. The maximum absolute atomic E-state index is 19.6. The van der Waals surface area contributed by atoms with Crippen LogP contribution >= 0.6 is 7.14 Å². The van der Waals surface area contributed by atoms with Crippen LogP contribution in [-0.2, 0) is 37.1 Å². The Morgan fingerprint density at radius 1 is 0.221 bits per heavy atom. The molecule has 0 bridgehead atoms. The summed E-state index contributed by atoms with van der Waals surface area (Å²) in [7, 11) is -4.03. The van der Waals surface area contributed by atoms with Gasteiger partial charge < -0.3 is 4.57 Å². The highest BCUT2D eigenvalue weighted by Gasteiger charge is 2.52. The van der Waals surface area contributed by atoms with Gasteiger partial charge >= 0.3 is 0 Å². The Morgan fingerprint density at radius 3 is 0.709 bits per heavy atom. The van der Waals surface area contributed by atoms with Crippen molar-refractivity contribution in [3.05, 3.63) is 267 Å². The molecule has 6 aliphatic carbocycles. The zero-order chi connectivity index (χ0) is 58.9. The fourth-order valence-corrected chi connectivity index (χ4v) is 22.5. The van der Waals surface area contributed by atoms with Crippen molar-refractivity contribution in [3.8, 4) is 66.8 Å². The average molecular weight is 1130 g/mol. The molecule has 18 rings (SSSR count). The molecule has 0 saturated carbocycles. The fourth-order valence-electron chi connectivity index (χ4n) is 19.2. The van der Waals surface area contributed by atoms with Crippen LogP contribution in [-0.4, -0.2) is 0 Å². The van der Waals surface area contributed by atoms with E-state index in [0.717, 1.165) is 48.2 Å². The van der Waals surface area contributed by atoms with Gasteiger partial charge in [0.2, 0.25) is 0 Å². The third-order valence-electron chi connectivity index (χ3n) is 23.0. The Balaban J connectivity index is 0.964. The zero-order valence-corrected chi connectivity index (χ0v) is 52.3. The molecule has 0 aliphatic heterocycles. The van der Waals surface area contributed by atoms with Gasteiger partial charge in [-0.05, 0) is 184 Å². The number of rotatable bonds is 3. The first-order valence-corrected chi connectivity index (χ1v) is 33.0. The molecule has 1 nitrogen and oxygen atoms in total. The molecule has 0 atom stereocenters. The van der Waals surface area contributed by atoms with Gasteiger partial charge in [-0.2, -0.15) is 0 Å². The Labute approximate surface area is 506 Å². The molecule has 416 valence electrons. The fraction of sp³-hybridized carbons (Fsp3) is 0.214. The van der Waals surface area contributed by atoms with Crippen molar-refractivity contribution in [2.45, 2.75) is 116 Å². The van der Waals surface area contributed by atoms with Gasteiger partial charge in [0.1, 0.15) is 0 Å². The summed E-state index contributed by atoms with van der Waals surface area (Å²) in [6, 6.07) is 76.1. The Morgan fingerprint density at radius 2 is 0.430 bits per heavy atom. The van der Waals surface area contributed by atoms with Gasteiger partial charge in [0.05, 0.1) is 0 Å². The minimum absolute atomic E-state index is 0.220. The Bertz CT molecular complexity index is 4740. The monoisotopic (exact) mass is 1120 g/mol. The topological polar surface area (TPSA) is 17.1 Å². The van der Waals surface area contributed by atoms with Crippen LogP contribution in [0.25, 0.3) is 99.1 Å². The molecule has 0 heterocycles. The van der Waals surface area contributed by atoms with E-state index in [2.05, 4.69) is 283 Å². The normalized spacial score (nSPS) is 17.7. The lowest BCUT2D eigenvalue weighted by Crippen LogP contribution is -2.31. The lowest BCUT2D eigenvalue weighted by Gasteiger charge is -2.33. The molecular weight excluding hydrogens is 1060 g/mol. The highest BCUT2D eigenvalue weighted by molar-refractivity contribution is 7.86. The SMILES string of the molecule is CC1(C)c2ccccc2-c2ccc3c(c21)C(C)(C)c1cc(P(=O)(c2cc4c(c5ccccc25)-c2ccc5c(c2C4(C)C)C(C)(C)c2ccccc2-5)c2cc4c(c5ccccc25)-c2ccc5c(c2C4(C)C)C(C)(C)c2ccccc2-5)c2ccccc2c1-3. The molecule has 0 aromatic heterocycles. The third kappa shape index (κ3) is 5.76. The second-order valence-electron chi connectivity index (χ2n) is 29.3. The first-order valence-electron chi connectivity index (χ1n) is 31.3. The molecule has 6 aliphatic rings. The standard InChI is InChI=1S/C84H69OP/c1-79(2)61-34-22-19-25-46(61)55-37-40-58-70-52-31-16-13-28-49(52)67(43-64(70)82(7,8)76(58)73(55)79)86(85,68-44-65-71(53-32-17-14-29-50(53)68)59-41-38-56-47-26-20-23-35-62(47)80(3,4)74(56)77(59)83(65,9)10)69-45-66-72(54-33-18-15-30-51(54)69)60-42-39-57-48-27-21-24-36-63(48)81(5,6)75(57)78(60)84(66,11)12/h13-45H,1-12H3. The predicted octanol–water partition coefficient (Wildman–Crippen LogP) is 20.6. The van der Waals surface area contributed by atoms with E-state index in [4.69, 9.17) is 0 Å². The van der Waals surface area contributed by atoms with E-state index in [-0.39, 0.29) is 16.2 Å². The Hall–Kier alpha value is -8.35. The third-order valence-corrected chi connectivity index (χ3v) is 26.1. The van der Waals surface area contributed by atoms with Crippen LogP contribution in [0, 0.1) is 0 Å². The number of benzene rings is 12. The zero-order valence-electron chi connectivity index (χ0n) is 51.4. The quantitative estimate of drug-likeness (QED) is 0.161. The summed E-state index contributed by atoms with van der Waals surface area (Å²) in [4.78, 5) is 0. The first-order chi connectivity index (χ1) is 41.1. The average Bonchev–Trinajstić information content (AvgIpc) is 1.48. The van der Waals surface area contributed by atoms with Crippen molar-refractivity contribution in [1.29, 1.82) is 0 Å². The molecule has 0 unspecified atom stereocenters. The van der Waals surface area contributed by atoms with Crippen molar-refractivity contribution in [2.75, 3.05) is 0 Å². The molecule has 0 radical (unpaired) electrons. The summed E-state index contributed by atoms with van der Waals surface area (Å²) in [5.41, 5.74) is 30.0. The second kappa shape index (κ2) is 16.0. The summed E-state index contributed by atoms with van der Waals surface area (Å²) >= 11 is 0. The minimum Gasteiger partial charge on any atom is -0.309 e. The number of fused-ring (bicyclic) bond motifs is 27. The molecule has 0 N–H and O–H groups in total. The lowest BCUT2D eigenvalue weighted by atomic mass is 9.72. The largest absolute Gasteiger partial charge is 0.309 e. The van der Waals surface area contributed by atoms with Gasteiger partial charge in [0, 0.05) is 48.4 Å². The molecule has 0 saturated heterocycles. The lowest BCUT2D eigenvalue weighted by molar-refractivity contribution is 0.591. The number of hydrogen-bond donors (Lipinski definition) is 0. The number of hydrogen-bond acceptors (Lipinski definition) is 1. The summed E-state index contributed by atoms with van der Waals surface area (Å²) in [5, 5.41) is 9.38. The predicted molar refractivity (Wildman–Crippen MR) is 364 cm³/mol. The molecule has 2 heteroatoms. The van der Waals surface area contributed by atoms with Crippen molar-refractivity contribution in [1.82, 2.24) is 0 Å². The molecule has 86 heavy (non-hydrogen) atoms. The van der Waals surface area contributed by atoms with E-state index in [9.17, 15) is 0 Å². The van der Waals surface area contributed by atoms with Gasteiger partial charge in [-0.3, -0.25) is 0 Å². The highest BCUT2D eigenvalue weighted by atomic mass is 31.2. The van der Waals surface area contributed by atoms with Crippen LogP contribution in [0.2, 0.25) is 0 Å². The van der Waals surface area contributed by atoms with E-state index in [1.54, 1.807) is 0 Å². The van der Waals surface area contributed by atoms with E-state index in [1.165, 1.54) is 134 Å². The molecule has 0 amide bonds. The van der Waals surface area contributed by atoms with E-state index < -0.39 is 23.4 Å².